The van der Waals surface area contributed by atoms with Crippen LogP contribution in [0.25, 0.3) is 0 Å². The molecule has 2 atom stereocenters. The number of ether oxygens (including phenoxy) is 1. The minimum atomic E-state index is -0.677. The molecule has 2 aromatic rings. The number of hydrogen-bond acceptors (Lipinski definition) is 2. The summed E-state index contributed by atoms with van der Waals surface area (Å²) in [7, 11) is 1.61. The molecule has 2 unspecified atom stereocenters. The molecule has 28 heavy (non-hydrogen) atoms. The molecule has 4 nitrogen and oxygen atoms in total. The van der Waals surface area contributed by atoms with E-state index in [4.69, 9.17) is 4.74 Å². The highest BCUT2D eigenvalue weighted by Gasteiger charge is 2.32. The summed E-state index contributed by atoms with van der Waals surface area (Å²) in [6.45, 7) is 2.72. The third-order valence-electron chi connectivity index (χ3n) is 5.50. The van der Waals surface area contributed by atoms with E-state index in [2.05, 4.69) is 5.32 Å². The summed E-state index contributed by atoms with van der Waals surface area (Å²) in [6.07, 6.45) is 2.40. The molecule has 150 valence electrons. The van der Waals surface area contributed by atoms with Crippen molar-refractivity contribution in [3.63, 3.8) is 0 Å². The Morgan fingerprint density at radius 3 is 2.64 bits per heavy atom. The lowest BCUT2D eigenvalue weighted by Gasteiger charge is -2.37. The van der Waals surface area contributed by atoms with Gasteiger partial charge in [0.25, 0.3) is 0 Å². The average molecular weight is 388 g/mol. The van der Waals surface area contributed by atoms with Crippen LogP contribution in [-0.2, 0) is 10.3 Å². The number of hydrogen-bond donors (Lipinski definition) is 1. The van der Waals surface area contributed by atoms with Crippen molar-refractivity contribution in [2.24, 2.45) is 0 Å². The first kappa shape index (κ1) is 20.3. The SMILES string of the molecule is COC(C)(CNC(=O)N1CCCCC1c1ccc(F)cc1F)c1ccccc1. The maximum absolute atomic E-state index is 14.3. The van der Waals surface area contributed by atoms with Crippen LogP contribution in [0.2, 0.25) is 0 Å². The maximum atomic E-state index is 14.3. The molecular formula is C22H26F2N2O2. The van der Waals surface area contributed by atoms with Crippen LogP contribution >= 0.6 is 0 Å². The van der Waals surface area contributed by atoms with Crippen molar-refractivity contribution in [2.75, 3.05) is 20.2 Å². The predicted octanol–water partition coefficient (Wildman–Crippen LogP) is 4.76. The molecule has 1 N–H and O–H groups in total. The molecule has 2 amide bonds. The topological polar surface area (TPSA) is 41.6 Å². The molecule has 0 aromatic heterocycles. The lowest BCUT2D eigenvalue weighted by Crippen LogP contribution is -2.48. The third-order valence-corrected chi connectivity index (χ3v) is 5.50. The summed E-state index contributed by atoms with van der Waals surface area (Å²) >= 11 is 0. The van der Waals surface area contributed by atoms with Gasteiger partial charge in [-0.2, -0.15) is 0 Å². The van der Waals surface area contributed by atoms with Gasteiger partial charge in [0.2, 0.25) is 0 Å². The van der Waals surface area contributed by atoms with Crippen LogP contribution in [0, 0.1) is 11.6 Å². The molecule has 1 saturated heterocycles. The number of likely N-dealkylation sites (tertiary alicyclic amines) is 1. The number of urea groups is 1. The molecule has 1 aliphatic heterocycles. The number of carbonyl (C=O) groups excluding carboxylic acids is 1. The van der Waals surface area contributed by atoms with Gasteiger partial charge in [-0.3, -0.25) is 0 Å². The molecular weight excluding hydrogens is 362 g/mol. The molecule has 0 bridgehead atoms. The van der Waals surface area contributed by atoms with E-state index in [0.29, 0.717) is 18.5 Å². The van der Waals surface area contributed by atoms with E-state index in [9.17, 15) is 13.6 Å². The molecule has 0 aliphatic carbocycles. The van der Waals surface area contributed by atoms with Gasteiger partial charge in [0.05, 0.1) is 12.6 Å². The van der Waals surface area contributed by atoms with Crippen molar-refractivity contribution < 1.29 is 18.3 Å². The number of methoxy groups -OCH3 is 1. The smallest absolute Gasteiger partial charge is 0.318 e. The van der Waals surface area contributed by atoms with Crippen molar-refractivity contribution in [3.8, 4) is 0 Å². The van der Waals surface area contributed by atoms with E-state index in [-0.39, 0.29) is 12.6 Å². The standard InChI is InChI=1S/C22H26F2N2O2/c1-22(28-2,16-8-4-3-5-9-16)15-25-21(27)26-13-7-6-10-20(26)18-12-11-17(23)14-19(18)24/h3-5,8-9,11-12,14,20H,6-7,10,13,15H2,1-2H3,(H,25,27). The Labute approximate surface area is 164 Å². The van der Waals surface area contributed by atoms with E-state index in [1.165, 1.54) is 12.1 Å². The predicted molar refractivity (Wildman–Crippen MR) is 104 cm³/mol. The van der Waals surface area contributed by atoms with Crippen LogP contribution in [0.4, 0.5) is 13.6 Å². The van der Waals surface area contributed by atoms with Crippen LogP contribution in [0.5, 0.6) is 0 Å². The summed E-state index contributed by atoms with van der Waals surface area (Å²) in [5.74, 6) is -1.23. The molecule has 0 radical (unpaired) electrons. The quantitative estimate of drug-likeness (QED) is 0.802. The Morgan fingerprint density at radius 1 is 1.21 bits per heavy atom. The Bertz CT molecular complexity index is 815. The Hall–Kier alpha value is -2.47. The van der Waals surface area contributed by atoms with E-state index in [0.717, 1.165) is 24.5 Å². The van der Waals surface area contributed by atoms with Crippen LogP contribution in [0.1, 0.15) is 43.4 Å². The van der Waals surface area contributed by atoms with Gasteiger partial charge in [0, 0.05) is 25.3 Å². The Balaban J connectivity index is 1.74. The molecule has 1 heterocycles. The first-order valence-electron chi connectivity index (χ1n) is 9.55. The van der Waals surface area contributed by atoms with Crippen LogP contribution in [-0.4, -0.2) is 31.1 Å². The van der Waals surface area contributed by atoms with E-state index in [1.54, 1.807) is 12.0 Å². The second-order valence-electron chi connectivity index (χ2n) is 7.33. The van der Waals surface area contributed by atoms with Gasteiger partial charge in [0.15, 0.2) is 0 Å². The second-order valence-corrected chi connectivity index (χ2v) is 7.33. The fourth-order valence-electron chi connectivity index (χ4n) is 3.70. The number of carbonyl (C=O) groups is 1. The number of benzene rings is 2. The molecule has 1 fully saturated rings. The molecule has 3 rings (SSSR count). The van der Waals surface area contributed by atoms with Crippen LogP contribution < -0.4 is 5.32 Å². The van der Waals surface area contributed by atoms with E-state index in [1.807, 2.05) is 37.3 Å². The zero-order valence-corrected chi connectivity index (χ0v) is 16.3. The summed E-state index contributed by atoms with van der Waals surface area (Å²) in [5, 5.41) is 2.94. The lowest BCUT2D eigenvalue weighted by molar-refractivity contribution is 0.00327. The molecule has 6 heteroatoms. The average Bonchev–Trinajstić information content (AvgIpc) is 2.72. The van der Waals surface area contributed by atoms with Crippen LogP contribution in [0.3, 0.4) is 0 Å². The van der Waals surface area contributed by atoms with Gasteiger partial charge >= 0.3 is 6.03 Å². The summed E-state index contributed by atoms with van der Waals surface area (Å²) in [6, 6.07) is 12.5. The van der Waals surface area contributed by atoms with Gasteiger partial charge < -0.3 is 15.0 Å². The maximum Gasteiger partial charge on any atom is 0.318 e. The highest BCUT2D eigenvalue weighted by molar-refractivity contribution is 5.75. The highest BCUT2D eigenvalue weighted by atomic mass is 19.1. The Kier molecular flexibility index (Phi) is 6.29. The first-order valence-corrected chi connectivity index (χ1v) is 9.55. The van der Waals surface area contributed by atoms with E-state index >= 15 is 0 Å². The molecule has 0 saturated carbocycles. The highest BCUT2D eigenvalue weighted by Crippen LogP contribution is 2.33. The summed E-state index contributed by atoms with van der Waals surface area (Å²) in [5.41, 5.74) is 0.634. The minimum absolute atomic E-state index is 0.271. The molecule has 0 spiro atoms. The fraction of sp³-hybridized carbons (Fsp3) is 0.409. The largest absolute Gasteiger partial charge is 0.372 e. The van der Waals surface area contributed by atoms with Gasteiger partial charge in [-0.1, -0.05) is 36.4 Å². The molecule has 2 aromatic carbocycles. The fourth-order valence-corrected chi connectivity index (χ4v) is 3.70. The number of nitrogens with one attached hydrogen (secondary N) is 1. The normalized spacial score (nSPS) is 19.1. The summed E-state index contributed by atoms with van der Waals surface area (Å²) < 4.78 is 33.3. The number of nitrogens with zero attached hydrogens (tertiary/aromatic N) is 1. The first-order chi connectivity index (χ1) is 13.4. The van der Waals surface area contributed by atoms with Crippen molar-refractivity contribution in [2.45, 2.75) is 37.8 Å². The van der Waals surface area contributed by atoms with Crippen molar-refractivity contribution >= 4 is 6.03 Å². The van der Waals surface area contributed by atoms with Gasteiger partial charge in [-0.05, 0) is 37.8 Å². The van der Waals surface area contributed by atoms with Crippen LogP contribution in [0.15, 0.2) is 48.5 Å². The van der Waals surface area contributed by atoms with Crippen molar-refractivity contribution in [1.82, 2.24) is 10.2 Å². The second kappa shape index (κ2) is 8.69. The van der Waals surface area contributed by atoms with Gasteiger partial charge in [-0.15, -0.1) is 0 Å². The zero-order valence-electron chi connectivity index (χ0n) is 16.3. The van der Waals surface area contributed by atoms with Gasteiger partial charge in [0.1, 0.15) is 17.2 Å². The van der Waals surface area contributed by atoms with Crippen molar-refractivity contribution in [1.29, 1.82) is 0 Å². The molecule has 1 aliphatic rings. The third kappa shape index (κ3) is 4.33. The van der Waals surface area contributed by atoms with E-state index < -0.39 is 23.3 Å². The monoisotopic (exact) mass is 388 g/mol. The number of halogens is 2. The Morgan fingerprint density at radius 2 is 1.96 bits per heavy atom. The summed E-state index contributed by atoms with van der Waals surface area (Å²) in [4.78, 5) is 14.6. The van der Waals surface area contributed by atoms with Crippen molar-refractivity contribution in [3.05, 3.63) is 71.3 Å². The zero-order chi connectivity index (χ0) is 20.1. The number of amides is 2. The number of piperidine rings is 1. The lowest BCUT2D eigenvalue weighted by atomic mass is 9.94. The van der Waals surface area contributed by atoms with Gasteiger partial charge in [-0.25, -0.2) is 13.6 Å². The number of rotatable bonds is 5. The minimum Gasteiger partial charge on any atom is -0.372 e.